The highest BCUT2D eigenvalue weighted by molar-refractivity contribution is 5.80. The van der Waals surface area contributed by atoms with E-state index in [0.29, 0.717) is 5.95 Å². The van der Waals surface area contributed by atoms with Crippen LogP contribution in [0.2, 0.25) is 0 Å². The molecular weight excluding hydrogens is 288 g/mol. The van der Waals surface area contributed by atoms with Gasteiger partial charge < -0.3 is 10.4 Å². The first-order chi connectivity index (χ1) is 11.2. The molecule has 4 rings (SSSR count). The fourth-order valence-corrected chi connectivity index (χ4v) is 2.84. The SMILES string of the molecule is Cc1ccc(O)c(C2=CC(c3ccccc3)n3ncnc3N2)c1. The van der Waals surface area contributed by atoms with Crippen molar-refractivity contribution < 1.29 is 5.11 Å². The van der Waals surface area contributed by atoms with Crippen molar-refractivity contribution in [3.8, 4) is 5.75 Å². The van der Waals surface area contributed by atoms with Crippen LogP contribution < -0.4 is 5.32 Å². The maximum Gasteiger partial charge on any atom is 0.226 e. The second-order valence-corrected chi connectivity index (χ2v) is 5.61. The molecule has 5 heteroatoms. The van der Waals surface area contributed by atoms with E-state index in [1.54, 1.807) is 6.07 Å². The van der Waals surface area contributed by atoms with Crippen LogP contribution in [0.3, 0.4) is 0 Å². The number of allylic oxidation sites excluding steroid dienone is 1. The van der Waals surface area contributed by atoms with Gasteiger partial charge in [-0.3, -0.25) is 0 Å². The normalized spacial score (nSPS) is 16.4. The summed E-state index contributed by atoms with van der Waals surface area (Å²) in [5.41, 5.74) is 3.80. The fourth-order valence-electron chi connectivity index (χ4n) is 2.84. The number of rotatable bonds is 2. The number of anilines is 1. The zero-order valence-corrected chi connectivity index (χ0v) is 12.6. The molecule has 1 aromatic heterocycles. The van der Waals surface area contributed by atoms with Gasteiger partial charge in [-0.1, -0.05) is 42.0 Å². The molecule has 1 aliphatic heterocycles. The van der Waals surface area contributed by atoms with Crippen LogP contribution >= 0.6 is 0 Å². The molecule has 0 radical (unpaired) electrons. The van der Waals surface area contributed by atoms with Crippen molar-refractivity contribution in [3.63, 3.8) is 0 Å². The minimum atomic E-state index is -0.0649. The summed E-state index contributed by atoms with van der Waals surface area (Å²) in [6.07, 6.45) is 3.59. The highest BCUT2D eigenvalue weighted by atomic mass is 16.3. The third-order valence-electron chi connectivity index (χ3n) is 3.99. The lowest BCUT2D eigenvalue weighted by Crippen LogP contribution is -2.20. The van der Waals surface area contributed by atoms with Crippen molar-refractivity contribution in [2.45, 2.75) is 13.0 Å². The predicted octanol–water partition coefficient (Wildman–Crippen LogP) is 3.35. The lowest BCUT2D eigenvalue weighted by atomic mass is 10.0. The van der Waals surface area contributed by atoms with Gasteiger partial charge in [0.25, 0.3) is 0 Å². The molecule has 0 spiro atoms. The van der Waals surface area contributed by atoms with Crippen molar-refractivity contribution in [3.05, 3.63) is 77.6 Å². The molecule has 2 N–H and O–H groups in total. The number of nitrogens with one attached hydrogen (secondary N) is 1. The second kappa shape index (κ2) is 5.28. The van der Waals surface area contributed by atoms with E-state index in [2.05, 4.69) is 33.6 Å². The van der Waals surface area contributed by atoms with Crippen LogP contribution in [0.15, 0.2) is 60.9 Å². The zero-order valence-electron chi connectivity index (χ0n) is 12.6. The molecule has 1 aliphatic rings. The Kier molecular flexibility index (Phi) is 3.12. The number of hydrogen-bond donors (Lipinski definition) is 2. The van der Waals surface area contributed by atoms with Crippen LogP contribution in [-0.2, 0) is 0 Å². The number of aromatic hydroxyl groups is 1. The summed E-state index contributed by atoms with van der Waals surface area (Å²) < 4.78 is 1.84. The molecule has 114 valence electrons. The highest BCUT2D eigenvalue weighted by Crippen LogP contribution is 2.34. The molecule has 23 heavy (non-hydrogen) atoms. The Morgan fingerprint density at radius 2 is 1.96 bits per heavy atom. The quantitative estimate of drug-likeness (QED) is 0.762. The second-order valence-electron chi connectivity index (χ2n) is 5.61. The predicted molar refractivity (Wildman–Crippen MR) is 89.0 cm³/mol. The standard InChI is InChI=1S/C18H16N4O/c1-12-7-8-17(23)14(9-12)15-10-16(13-5-3-2-4-6-13)22-18(21-15)19-11-20-22/h2-11,16,23H,1H3,(H,19,20,21). The largest absolute Gasteiger partial charge is 0.507 e. The maximum absolute atomic E-state index is 10.2. The van der Waals surface area contributed by atoms with Crippen molar-refractivity contribution in [1.82, 2.24) is 14.8 Å². The Morgan fingerprint density at radius 1 is 1.13 bits per heavy atom. The van der Waals surface area contributed by atoms with Gasteiger partial charge in [-0.2, -0.15) is 10.1 Å². The Hall–Kier alpha value is -3.08. The third kappa shape index (κ3) is 2.36. The van der Waals surface area contributed by atoms with Gasteiger partial charge in [0, 0.05) is 5.56 Å². The van der Waals surface area contributed by atoms with Crippen LogP contribution in [0.1, 0.15) is 22.7 Å². The smallest absolute Gasteiger partial charge is 0.226 e. The monoisotopic (exact) mass is 304 g/mol. The van der Waals surface area contributed by atoms with E-state index in [1.165, 1.54) is 6.33 Å². The fraction of sp³-hybridized carbons (Fsp3) is 0.111. The lowest BCUT2D eigenvalue weighted by molar-refractivity contribution is 0.473. The summed E-state index contributed by atoms with van der Waals surface area (Å²) in [6.45, 7) is 2.00. The number of benzene rings is 2. The van der Waals surface area contributed by atoms with E-state index in [-0.39, 0.29) is 11.8 Å². The Bertz CT molecular complexity index is 883. The molecule has 2 heterocycles. The van der Waals surface area contributed by atoms with Gasteiger partial charge >= 0.3 is 0 Å². The number of aryl methyl sites for hydroxylation is 1. The summed E-state index contributed by atoms with van der Waals surface area (Å²) in [5, 5.41) is 17.8. The van der Waals surface area contributed by atoms with Crippen LogP contribution in [0, 0.1) is 6.92 Å². The molecule has 2 aromatic carbocycles. The maximum atomic E-state index is 10.2. The van der Waals surface area contributed by atoms with Gasteiger partial charge in [-0.05, 0) is 30.7 Å². The molecule has 0 aliphatic carbocycles. The molecule has 0 bridgehead atoms. The summed E-state index contributed by atoms with van der Waals surface area (Å²) in [7, 11) is 0. The van der Waals surface area contributed by atoms with Gasteiger partial charge in [-0.15, -0.1) is 0 Å². The number of nitrogens with zero attached hydrogens (tertiary/aromatic N) is 3. The van der Waals surface area contributed by atoms with E-state index in [0.717, 1.165) is 22.4 Å². The van der Waals surface area contributed by atoms with Gasteiger partial charge in [0.1, 0.15) is 18.1 Å². The number of fused-ring (bicyclic) bond motifs is 1. The minimum absolute atomic E-state index is 0.0649. The average molecular weight is 304 g/mol. The number of hydrogen-bond acceptors (Lipinski definition) is 4. The molecule has 5 nitrogen and oxygen atoms in total. The Morgan fingerprint density at radius 3 is 2.78 bits per heavy atom. The van der Waals surface area contributed by atoms with Gasteiger partial charge in [0.2, 0.25) is 5.95 Å². The number of aromatic nitrogens is 3. The number of phenolic OH excluding ortho intramolecular Hbond substituents is 1. The van der Waals surface area contributed by atoms with Gasteiger partial charge in [-0.25, -0.2) is 4.68 Å². The van der Waals surface area contributed by atoms with E-state index in [9.17, 15) is 5.11 Å². The highest BCUT2D eigenvalue weighted by Gasteiger charge is 2.24. The van der Waals surface area contributed by atoms with E-state index >= 15 is 0 Å². The summed E-state index contributed by atoms with van der Waals surface area (Å²) >= 11 is 0. The molecular formula is C18H16N4O. The van der Waals surface area contributed by atoms with E-state index in [1.807, 2.05) is 41.9 Å². The zero-order chi connectivity index (χ0) is 15.8. The topological polar surface area (TPSA) is 63.0 Å². The van der Waals surface area contributed by atoms with Gasteiger partial charge in [0.05, 0.1) is 5.70 Å². The first-order valence-electron chi connectivity index (χ1n) is 7.45. The van der Waals surface area contributed by atoms with Crippen LogP contribution in [-0.4, -0.2) is 19.9 Å². The summed E-state index contributed by atoms with van der Waals surface area (Å²) in [6, 6.07) is 15.6. The molecule has 1 atom stereocenters. The van der Waals surface area contributed by atoms with Crippen molar-refractivity contribution in [1.29, 1.82) is 0 Å². The van der Waals surface area contributed by atoms with Crippen LogP contribution in [0.25, 0.3) is 5.70 Å². The Labute approximate surface area is 133 Å². The molecule has 0 fully saturated rings. The third-order valence-corrected chi connectivity index (χ3v) is 3.99. The first-order valence-corrected chi connectivity index (χ1v) is 7.45. The molecule has 0 saturated carbocycles. The summed E-state index contributed by atoms with van der Waals surface area (Å²) in [4.78, 5) is 4.28. The number of phenols is 1. The van der Waals surface area contributed by atoms with Gasteiger partial charge in [0.15, 0.2) is 0 Å². The summed E-state index contributed by atoms with van der Waals surface area (Å²) in [5.74, 6) is 0.909. The van der Waals surface area contributed by atoms with E-state index in [4.69, 9.17) is 0 Å². The lowest BCUT2D eigenvalue weighted by Gasteiger charge is -2.24. The van der Waals surface area contributed by atoms with Crippen molar-refractivity contribution >= 4 is 11.6 Å². The first kappa shape index (κ1) is 13.6. The van der Waals surface area contributed by atoms with Crippen LogP contribution in [0.5, 0.6) is 5.75 Å². The van der Waals surface area contributed by atoms with E-state index < -0.39 is 0 Å². The average Bonchev–Trinajstić information content (AvgIpc) is 3.05. The van der Waals surface area contributed by atoms with Crippen LogP contribution in [0.4, 0.5) is 5.95 Å². The minimum Gasteiger partial charge on any atom is -0.507 e. The van der Waals surface area contributed by atoms with Crippen molar-refractivity contribution in [2.24, 2.45) is 0 Å². The Balaban J connectivity index is 1.85. The molecule has 1 unspecified atom stereocenters. The molecule has 3 aromatic rings. The molecule has 0 saturated heterocycles. The molecule has 0 amide bonds. The van der Waals surface area contributed by atoms with Crippen molar-refractivity contribution in [2.75, 3.05) is 5.32 Å².